The molecule has 0 aromatic heterocycles. The smallest absolute Gasteiger partial charge is 0.142 e. The van der Waals surface area contributed by atoms with Crippen molar-refractivity contribution >= 4 is 34.6 Å². The topological polar surface area (TPSA) is 32.3 Å². The van der Waals surface area contributed by atoms with Gasteiger partial charge in [-0.1, -0.05) is 70.8 Å². The molecule has 2 rings (SSSR count). The lowest BCUT2D eigenvalue weighted by Gasteiger charge is -2.28. The number of aromatic hydroxyl groups is 1. The van der Waals surface area contributed by atoms with Crippen LogP contribution in [0, 0.1) is 0 Å². The number of benzene rings is 2. The number of anilines is 2. The fourth-order valence-corrected chi connectivity index (χ4v) is 2.93. The van der Waals surface area contributed by atoms with Crippen LogP contribution in [-0.4, -0.2) is 5.11 Å². The first-order chi connectivity index (χ1) is 10.9. The molecule has 0 saturated carbocycles. The monoisotopic (exact) mass is 365 g/mol. The molecule has 0 spiro atoms. The Bertz CT molecular complexity index is 755. The third-order valence-corrected chi connectivity index (χ3v) is 4.53. The van der Waals surface area contributed by atoms with E-state index in [4.69, 9.17) is 23.2 Å². The molecule has 0 aliphatic heterocycles. The van der Waals surface area contributed by atoms with Crippen molar-refractivity contribution < 1.29 is 5.11 Å². The first kappa shape index (κ1) is 19.0. The highest BCUT2D eigenvalue weighted by atomic mass is 35.5. The fourth-order valence-electron chi connectivity index (χ4n) is 2.47. The van der Waals surface area contributed by atoms with Crippen molar-refractivity contribution in [2.24, 2.45) is 0 Å². The molecule has 0 saturated heterocycles. The summed E-state index contributed by atoms with van der Waals surface area (Å²) in [7, 11) is 0. The summed E-state index contributed by atoms with van der Waals surface area (Å²) >= 11 is 12.2. The average Bonchev–Trinajstić information content (AvgIpc) is 2.41. The third kappa shape index (κ3) is 4.17. The van der Waals surface area contributed by atoms with Gasteiger partial charge in [-0.05, 0) is 40.7 Å². The number of nitrogens with one attached hydrogen (secondary N) is 1. The largest absolute Gasteiger partial charge is 0.505 e. The molecule has 0 heterocycles. The van der Waals surface area contributed by atoms with Crippen LogP contribution < -0.4 is 5.32 Å². The van der Waals surface area contributed by atoms with Crippen molar-refractivity contribution in [1.82, 2.24) is 0 Å². The zero-order chi connectivity index (χ0) is 18.3. The number of phenolic OH excluding ortho intramolecular Hbond substituents is 1. The molecule has 0 amide bonds. The van der Waals surface area contributed by atoms with E-state index in [1.54, 1.807) is 12.1 Å². The summed E-state index contributed by atoms with van der Waals surface area (Å²) in [6.07, 6.45) is 0. The van der Waals surface area contributed by atoms with Crippen LogP contribution in [0.5, 0.6) is 5.75 Å². The van der Waals surface area contributed by atoms with Gasteiger partial charge in [0, 0.05) is 10.6 Å². The van der Waals surface area contributed by atoms with Crippen LogP contribution >= 0.6 is 23.2 Å². The van der Waals surface area contributed by atoms with Crippen LogP contribution in [0.25, 0.3) is 0 Å². The third-order valence-electron chi connectivity index (χ3n) is 3.98. The van der Waals surface area contributed by atoms with E-state index in [1.807, 2.05) is 12.1 Å². The van der Waals surface area contributed by atoms with E-state index in [0.717, 1.165) is 11.1 Å². The molecular weight excluding hydrogens is 341 g/mol. The lowest BCUT2D eigenvalue weighted by molar-refractivity contribution is 0.447. The van der Waals surface area contributed by atoms with Crippen LogP contribution in [0.4, 0.5) is 11.4 Å². The Morgan fingerprint density at radius 2 is 1.46 bits per heavy atom. The van der Waals surface area contributed by atoms with Gasteiger partial charge < -0.3 is 10.4 Å². The van der Waals surface area contributed by atoms with Gasteiger partial charge in [0.2, 0.25) is 0 Å². The minimum atomic E-state index is -0.175. The van der Waals surface area contributed by atoms with Crippen molar-refractivity contribution in [3.05, 3.63) is 51.5 Å². The van der Waals surface area contributed by atoms with Gasteiger partial charge in [0.25, 0.3) is 0 Å². The van der Waals surface area contributed by atoms with Gasteiger partial charge in [-0.2, -0.15) is 0 Å². The molecule has 2 nitrogen and oxygen atoms in total. The first-order valence-electron chi connectivity index (χ1n) is 7.99. The van der Waals surface area contributed by atoms with E-state index in [2.05, 4.69) is 52.9 Å². The molecule has 0 aliphatic rings. The molecule has 2 aromatic carbocycles. The summed E-state index contributed by atoms with van der Waals surface area (Å²) in [5, 5.41) is 15.1. The Balaban J connectivity index is 2.60. The fraction of sp³-hybridized carbons (Fsp3) is 0.400. The van der Waals surface area contributed by atoms with Gasteiger partial charge in [0.15, 0.2) is 0 Å². The SMILES string of the molecule is CC(C)(C)c1cc(Nc2ccc(Cl)cc2Cl)c(O)c(C(C)(C)C)c1. The molecule has 2 N–H and O–H groups in total. The van der Waals surface area contributed by atoms with Gasteiger partial charge in [-0.25, -0.2) is 0 Å². The molecule has 0 fully saturated rings. The van der Waals surface area contributed by atoms with E-state index >= 15 is 0 Å². The maximum absolute atomic E-state index is 10.8. The highest BCUT2D eigenvalue weighted by molar-refractivity contribution is 6.36. The Morgan fingerprint density at radius 3 is 1.96 bits per heavy atom. The van der Waals surface area contributed by atoms with Crippen LogP contribution in [0.3, 0.4) is 0 Å². The predicted molar refractivity (Wildman–Crippen MR) is 105 cm³/mol. The van der Waals surface area contributed by atoms with Crippen LogP contribution in [0.15, 0.2) is 30.3 Å². The second-order valence-electron chi connectivity index (χ2n) is 8.17. The summed E-state index contributed by atoms with van der Waals surface area (Å²) < 4.78 is 0. The van der Waals surface area contributed by atoms with Crippen molar-refractivity contribution in [3.8, 4) is 5.75 Å². The van der Waals surface area contributed by atoms with Crippen molar-refractivity contribution in [1.29, 1.82) is 0 Å². The van der Waals surface area contributed by atoms with Gasteiger partial charge in [0.1, 0.15) is 5.75 Å². The molecular formula is C20H25Cl2NO. The standard InChI is InChI=1S/C20H25Cl2NO/c1-19(2,3)12-9-14(20(4,5)6)18(24)17(10-12)23-16-8-7-13(21)11-15(16)22/h7-11,23-24H,1-6H3. The molecule has 0 unspecified atom stereocenters. The minimum Gasteiger partial charge on any atom is -0.505 e. The molecule has 0 bridgehead atoms. The van der Waals surface area contributed by atoms with E-state index < -0.39 is 0 Å². The van der Waals surface area contributed by atoms with Crippen molar-refractivity contribution in [2.45, 2.75) is 52.4 Å². The Morgan fingerprint density at radius 1 is 0.833 bits per heavy atom. The van der Waals surface area contributed by atoms with E-state index in [1.165, 1.54) is 0 Å². The number of hydrogen-bond donors (Lipinski definition) is 2. The molecule has 0 atom stereocenters. The molecule has 4 heteroatoms. The summed E-state index contributed by atoms with van der Waals surface area (Å²) in [6, 6.07) is 9.33. The predicted octanol–water partition coefficient (Wildman–Crippen LogP) is 7.04. The Kier molecular flexibility index (Phi) is 5.13. The molecule has 0 radical (unpaired) electrons. The molecule has 130 valence electrons. The lowest BCUT2D eigenvalue weighted by Crippen LogP contribution is -2.17. The van der Waals surface area contributed by atoms with Gasteiger partial charge >= 0.3 is 0 Å². The number of phenols is 1. The van der Waals surface area contributed by atoms with E-state index in [9.17, 15) is 5.11 Å². The second kappa shape index (κ2) is 6.50. The number of rotatable bonds is 2. The Labute approximate surface area is 154 Å². The quantitative estimate of drug-likeness (QED) is 0.559. The van der Waals surface area contributed by atoms with Gasteiger partial charge in [-0.15, -0.1) is 0 Å². The minimum absolute atomic E-state index is 0.0338. The molecule has 2 aromatic rings. The number of hydrogen-bond acceptors (Lipinski definition) is 2. The summed E-state index contributed by atoms with van der Waals surface area (Å²) in [5.74, 6) is 0.251. The van der Waals surface area contributed by atoms with E-state index in [0.29, 0.717) is 21.4 Å². The lowest BCUT2D eigenvalue weighted by atomic mass is 9.79. The van der Waals surface area contributed by atoms with Gasteiger partial charge in [-0.3, -0.25) is 0 Å². The maximum atomic E-state index is 10.8. The van der Waals surface area contributed by atoms with Gasteiger partial charge in [0.05, 0.1) is 16.4 Å². The van der Waals surface area contributed by atoms with Crippen LogP contribution in [0.1, 0.15) is 52.7 Å². The second-order valence-corrected chi connectivity index (χ2v) is 9.01. The first-order valence-corrected chi connectivity index (χ1v) is 8.75. The molecule has 24 heavy (non-hydrogen) atoms. The van der Waals surface area contributed by atoms with Crippen LogP contribution in [-0.2, 0) is 10.8 Å². The summed E-state index contributed by atoms with van der Waals surface area (Å²) in [4.78, 5) is 0. The normalized spacial score (nSPS) is 12.3. The summed E-state index contributed by atoms with van der Waals surface area (Å²) in [6.45, 7) is 12.7. The zero-order valence-electron chi connectivity index (χ0n) is 15.1. The highest BCUT2D eigenvalue weighted by Gasteiger charge is 2.25. The van der Waals surface area contributed by atoms with E-state index in [-0.39, 0.29) is 16.6 Å². The van der Waals surface area contributed by atoms with Crippen molar-refractivity contribution in [3.63, 3.8) is 0 Å². The number of halogens is 2. The van der Waals surface area contributed by atoms with Crippen molar-refractivity contribution in [2.75, 3.05) is 5.32 Å². The maximum Gasteiger partial charge on any atom is 0.142 e. The average molecular weight is 366 g/mol. The highest BCUT2D eigenvalue weighted by Crippen LogP contribution is 2.42. The Hall–Kier alpha value is -1.38. The zero-order valence-corrected chi connectivity index (χ0v) is 16.6. The summed E-state index contributed by atoms with van der Waals surface area (Å²) in [5.41, 5.74) is 3.21. The van der Waals surface area contributed by atoms with Crippen LogP contribution in [0.2, 0.25) is 10.0 Å². The molecule has 0 aliphatic carbocycles.